The molecule has 0 aliphatic carbocycles. The van der Waals surface area contributed by atoms with Crippen molar-refractivity contribution in [2.75, 3.05) is 11.3 Å². The van der Waals surface area contributed by atoms with Crippen LogP contribution < -0.4 is 9.44 Å². The summed E-state index contributed by atoms with van der Waals surface area (Å²) in [6.45, 7) is 3.42. The zero-order valence-corrected chi connectivity index (χ0v) is 12.3. The average Bonchev–Trinajstić information content (AvgIpc) is 2.22. The summed E-state index contributed by atoms with van der Waals surface area (Å²) in [7, 11) is -3.99. The fourth-order valence-corrected chi connectivity index (χ4v) is 2.34. The first kappa shape index (κ1) is 14.8. The molecule has 0 aromatic heterocycles. The quantitative estimate of drug-likeness (QED) is 0.882. The van der Waals surface area contributed by atoms with E-state index in [1.807, 2.05) is 0 Å². The lowest BCUT2D eigenvalue weighted by Gasteiger charge is -2.11. The molecule has 1 aromatic carbocycles. The molecular formula is C10H13BrN2O4S. The Bertz CT molecular complexity index is 545. The summed E-state index contributed by atoms with van der Waals surface area (Å²) in [4.78, 5) is 11.0. The van der Waals surface area contributed by atoms with Crippen molar-refractivity contribution in [3.8, 4) is 0 Å². The Hall–Kier alpha value is -1.28. The van der Waals surface area contributed by atoms with Gasteiger partial charge in [0.2, 0.25) is 0 Å². The van der Waals surface area contributed by atoms with E-state index in [1.165, 1.54) is 0 Å². The number of anilines is 1. The number of hydrogen-bond donors (Lipinski definition) is 2. The van der Waals surface area contributed by atoms with Gasteiger partial charge >= 0.3 is 16.3 Å². The summed E-state index contributed by atoms with van der Waals surface area (Å²) >= 11 is 3.23. The molecule has 0 heterocycles. The predicted molar refractivity (Wildman–Crippen MR) is 71.6 cm³/mol. The van der Waals surface area contributed by atoms with Crippen molar-refractivity contribution in [2.24, 2.45) is 0 Å². The number of carbonyl (C=O) groups excluding carboxylic acids is 1. The molecule has 2 N–H and O–H groups in total. The molecular weight excluding hydrogens is 324 g/mol. The minimum atomic E-state index is -3.99. The van der Waals surface area contributed by atoms with E-state index in [4.69, 9.17) is 0 Å². The summed E-state index contributed by atoms with van der Waals surface area (Å²) in [6, 6.07) is 5.12. The molecule has 0 unspecified atom stereocenters. The second-order valence-corrected chi connectivity index (χ2v) is 5.72. The van der Waals surface area contributed by atoms with E-state index < -0.39 is 16.3 Å². The zero-order chi connectivity index (χ0) is 13.8. The topological polar surface area (TPSA) is 84.5 Å². The lowest BCUT2D eigenvalue weighted by molar-refractivity contribution is 0.159. The van der Waals surface area contributed by atoms with E-state index in [0.717, 1.165) is 10.0 Å². The average molecular weight is 337 g/mol. The number of benzene rings is 1. The van der Waals surface area contributed by atoms with Gasteiger partial charge in [-0.25, -0.2) is 9.52 Å². The fraction of sp³-hybridized carbons (Fsp3) is 0.300. The maximum absolute atomic E-state index is 11.6. The molecule has 0 fully saturated rings. The lowest BCUT2D eigenvalue weighted by Crippen LogP contribution is -2.35. The molecule has 0 atom stereocenters. The van der Waals surface area contributed by atoms with Gasteiger partial charge in [0.05, 0.1) is 12.3 Å². The number of rotatable bonds is 4. The number of hydrogen-bond acceptors (Lipinski definition) is 4. The summed E-state index contributed by atoms with van der Waals surface area (Å²) in [5.41, 5.74) is 1.11. The van der Waals surface area contributed by atoms with Gasteiger partial charge in [-0.2, -0.15) is 8.42 Å². The fourth-order valence-electron chi connectivity index (χ4n) is 1.14. The van der Waals surface area contributed by atoms with Crippen molar-refractivity contribution in [3.05, 3.63) is 28.2 Å². The van der Waals surface area contributed by atoms with Crippen molar-refractivity contribution in [1.82, 2.24) is 4.72 Å². The summed E-state index contributed by atoms with van der Waals surface area (Å²) in [5, 5.41) is 0. The Balaban J connectivity index is 2.82. The molecule has 1 amide bonds. The van der Waals surface area contributed by atoms with E-state index in [0.29, 0.717) is 5.69 Å². The minimum Gasteiger partial charge on any atom is -0.449 e. The van der Waals surface area contributed by atoms with Gasteiger partial charge in [0, 0.05) is 4.47 Å². The van der Waals surface area contributed by atoms with Crippen LogP contribution in [0.1, 0.15) is 12.5 Å². The standard InChI is InChI=1S/C10H13BrN2O4S/c1-3-17-10(14)13-18(15,16)12-9-6-8(11)5-4-7(9)2/h4-6,12H,3H2,1-2H3,(H,13,14). The van der Waals surface area contributed by atoms with Gasteiger partial charge in [0.1, 0.15) is 0 Å². The molecule has 18 heavy (non-hydrogen) atoms. The van der Waals surface area contributed by atoms with Crippen molar-refractivity contribution in [1.29, 1.82) is 0 Å². The monoisotopic (exact) mass is 336 g/mol. The van der Waals surface area contributed by atoms with E-state index in [9.17, 15) is 13.2 Å². The third kappa shape index (κ3) is 4.53. The second-order valence-electron chi connectivity index (χ2n) is 3.39. The van der Waals surface area contributed by atoms with Gasteiger partial charge in [-0.15, -0.1) is 0 Å². The lowest BCUT2D eigenvalue weighted by atomic mass is 10.2. The van der Waals surface area contributed by atoms with Crippen LogP contribution in [0, 0.1) is 6.92 Å². The summed E-state index contributed by atoms with van der Waals surface area (Å²) in [6.07, 6.45) is -1.02. The third-order valence-electron chi connectivity index (χ3n) is 1.94. The molecule has 1 aromatic rings. The SMILES string of the molecule is CCOC(=O)NS(=O)(=O)Nc1cc(Br)ccc1C. The predicted octanol–water partition coefficient (Wildman–Crippen LogP) is 2.16. The summed E-state index contributed by atoms with van der Waals surface area (Å²) < 4.78 is 32.4. The van der Waals surface area contributed by atoms with E-state index in [1.54, 1.807) is 36.8 Å². The molecule has 0 saturated carbocycles. The van der Waals surface area contributed by atoms with Crippen LogP contribution in [-0.2, 0) is 14.9 Å². The van der Waals surface area contributed by atoms with Crippen LogP contribution in [0.15, 0.2) is 22.7 Å². The third-order valence-corrected chi connectivity index (χ3v) is 3.35. The number of halogens is 1. The highest BCUT2D eigenvalue weighted by Crippen LogP contribution is 2.21. The van der Waals surface area contributed by atoms with Gasteiger partial charge in [-0.3, -0.25) is 4.72 Å². The van der Waals surface area contributed by atoms with Crippen molar-refractivity contribution in [2.45, 2.75) is 13.8 Å². The molecule has 0 bridgehead atoms. The Morgan fingerprint density at radius 2 is 2.11 bits per heavy atom. The van der Waals surface area contributed by atoms with Crippen molar-refractivity contribution < 1.29 is 17.9 Å². The van der Waals surface area contributed by atoms with E-state index in [2.05, 4.69) is 25.4 Å². The van der Waals surface area contributed by atoms with Gasteiger partial charge < -0.3 is 4.74 Å². The highest BCUT2D eigenvalue weighted by atomic mass is 79.9. The first-order chi connectivity index (χ1) is 8.34. The molecule has 0 aliphatic heterocycles. The molecule has 0 aliphatic rings. The number of ether oxygens (including phenoxy) is 1. The van der Waals surface area contributed by atoms with Crippen LogP contribution >= 0.6 is 15.9 Å². The smallest absolute Gasteiger partial charge is 0.422 e. The van der Waals surface area contributed by atoms with E-state index in [-0.39, 0.29) is 6.61 Å². The van der Waals surface area contributed by atoms with Crippen molar-refractivity contribution in [3.63, 3.8) is 0 Å². The van der Waals surface area contributed by atoms with Crippen molar-refractivity contribution >= 4 is 37.9 Å². The highest BCUT2D eigenvalue weighted by Gasteiger charge is 2.15. The van der Waals surface area contributed by atoms with Crippen LogP contribution in [-0.4, -0.2) is 21.1 Å². The molecule has 0 radical (unpaired) electrons. The maximum atomic E-state index is 11.6. The first-order valence-electron chi connectivity index (χ1n) is 5.07. The second kappa shape index (κ2) is 6.05. The normalized spacial score (nSPS) is 10.8. The molecule has 0 saturated heterocycles. The summed E-state index contributed by atoms with van der Waals surface area (Å²) in [5.74, 6) is 0. The molecule has 1 rings (SSSR count). The molecule has 0 spiro atoms. The van der Waals surface area contributed by atoms with Crippen LogP contribution in [0.25, 0.3) is 0 Å². The molecule has 6 nitrogen and oxygen atoms in total. The molecule has 100 valence electrons. The minimum absolute atomic E-state index is 0.0945. The molecule has 8 heteroatoms. The van der Waals surface area contributed by atoms with Crippen LogP contribution in [0.3, 0.4) is 0 Å². The van der Waals surface area contributed by atoms with Crippen LogP contribution in [0.5, 0.6) is 0 Å². The first-order valence-corrected chi connectivity index (χ1v) is 7.35. The van der Waals surface area contributed by atoms with Crippen LogP contribution in [0.4, 0.5) is 10.5 Å². The van der Waals surface area contributed by atoms with E-state index >= 15 is 0 Å². The van der Waals surface area contributed by atoms with Crippen LogP contribution in [0.2, 0.25) is 0 Å². The Labute approximate surface area is 114 Å². The Morgan fingerprint density at radius 1 is 1.44 bits per heavy atom. The Morgan fingerprint density at radius 3 is 2.72 bits per heavy atom. The zero-order valence-electron chi connectivity index (χ0n) is 9.86. The van der Waals surface area contributed by atoms with Gasteiger partial charge in [0.15, 0.2) is 0 Å². The largest absolute Gasteiger partial charge is 0.449 e. The number of nitrogens with one attached hydrogen (secondary N) is 2. The highest BCUT2D eigenvalue weighted by molar-refractivity contribution is 9.10. The number of carbonyl (C=O) groups is 1. The van der Waals surface area contributed by atoms with Gasteiger partial charge in [0.25, 0.3) is 0 Å². The number of amides is 1. The van der Waals surface area contributed by atoms with Gasteiger partial charge in [-0.1, -0.05) is 22.0 Å². The Kier molecular flexibility index (Phi) is 4.97. The number of aryl methyl sites for hydroxylation is 1. The van der Waals surface area contributed by atoms with Gasteiger partial charge in [-0.05, 0) is 31.5 Å². The maximum Gasteiger partial charge on any atom is 0.422 e.